The highest BCUT2D eigenvalue weighted by Gasteiger charge is 2.19. The van der Waals surface area contributed by atoms with Crippen LogP contribution in [0.1, 0.15) is 367 Å². The van der Waals surface area contributed by atoms with Crippen LogP contribution >= 0.6 is 0 Å². The second-order valence-corrected chi connectivity index (χ2v) is 24.1. The Morgan fingerprint density at radius 2 is 0.470 bits per heavy atom. The van der Waals surface area contributed by atoms with Gasteiger partial charge in [0.05, 0.1) is 0 Å². The van der Waals surface area contributed by atoms with Gasteiger partial charge in [0.1, 0.15) is 13.2 Å². The summed E-state index contributed by atoms with van der Waals surface area (Å²) < 4.78 is 17.0. The Morgan fingerprint density at radius 1 is 0.253 bits per heavy atom. The van der Waals surface area contributed by atoms with E-state index in [1.54, 1.807) is 0 Å². The van der Waals surface area contributed by atoms with Crippen LogP contribution in [0, 0.1) is 0 Å². The first-order chi connectivity index (χ1) is 41.0. The van der Waals surface area contributed by atoms with E-state index >= 15 is 0 Å². The third-order valence-corrected chi connectivity index (χ3v) is 15.9. The van der Waals surface area contributed by atoms with Gasteiger partial charge in [-0.25, -0.2) is 0 Å². The van der Waals surface area contributed by atoms with E-state index in [0.29, 0.717) is 19.3 Å². The molecule has 480 valence electrons. The van der Waals surface area contributed by atoms with Gasteiger partial charge in [0.15, 0.2) is 6.10 Å². The number of rotatable bonds is 66. The largest absolute Gasteiger partial charge is 0.462 e. The fourth-order valence-corrected chi connectivity index (χ4v) is 10.5. The zero-order chi connectivity index (χ0) is 59.9. The number of allylic oxidation sites excluding steroid dienone is 14. The molecule has 0 rings (SSSR count). The average molecular weight is 1160 g/mol. The van der Waals surface area contributed by atoms with E-state index in [4.69, 9.17) is 14.2 Å². The summed E-state index contributed by atoms with van der Waals surface area (Å²) in [6.45, 7) is 6.56. The van der Waals surface area contributed by atoms with Gasteiger partial charge in [-0.05, 0) is 96.3 Å². The van der Waals surface area contributed by atoms with Crippen molar-refractivity contribution in [2.75, 3.05) is 13.2 Å². The number of carbonyl (C=O) groups excluding carboxylic acids is 3. The van der Waals surface area contributed by atoms with Crippen LogP contribution < -0.4 is 0 Å². The number of hydrogen-bond acceptors (Lipinski definition) is 6. The van der Waals surface area contributed by atoms with Gasteiger partial charge < -0.3 is 14.2 Å². The maximum Gasteiger partial charge on any atom is 0.306 e. The smallest absolute Gasteiger partial charge is 0.306 e. The molecule has 0 saturated carbocycles. The monoisotopic (exact) mass is 1160 g/mol. The van der Waals surface area contributed by atoms with Gasteiger partial charge in [-0.15, -0.1) is 0 Å². The van der Waals surface area contributed by atoms with Gasteiger partial charge in [-0.1, -0.05) is 337 Å². The Hall–Kier alpha value is -3.41. The lowest BCUT2D eigenvalue weighted by Crippen LogP contribution is -2.30. The van der Waals surface area contributed by atoms with Crippen LogP contribution in [0.25, 0.3) is 0 Å². The maximum atomic E-state index is 13.0. The SMILES string of the molecule is CC/C=C\C/C=C\C/C=C\C/C=C\C/C=C\CCCCCCCCCCCC(=O)OCC(COC(=O)CCCCCCCCCCC/C=C\C/C=C\CCCCC)OC(=O)CCCCCCCCCCCCCCCCCCCCCCC. The summed E-state index contributed by atoms with van der Waals surface area (Å²) in [6.07, 6.45) is 94.6. The van der Waals surface area contributed by atoms with Gasteiger partial charge >= 0.3 is 17.9 Å². The van der Waals surface area contributed by atoms with E-state index in [2.05, 4.69) is 106 Å². The van der Waals surface area contributed by atoms with Crippen LogP contribution in [0.3, 0.4) is 0 Å². The van der Waals surface area contributed by atoms with E-state index in [1.807, 2.05) is 0 Å². The standard InChI is InChI=1S/C77H136O6/c1-4-7-10-13-16-19-22-25-28-31-34-36-37-38-39-41-43-46-49-52-55-58-61-64-67-70-76(79)82-73-74(72-81-75(78)69-66-63-60-57-54-51-48-45-42-33-30-27-24-21-18-15-12-9-6-3)83-77(80)71-68-65-62-59-56-53-50-47-44-40-35-32-29-26-23-20-17-14-11-8-5-2/h7,10,16,18-19,21,25,27-28,30,34,36,38-39,74H,4-6,8-9,11-15,17,20,22-24,26,29,31-33,35,37,40-73H2,1-3H3/b10-7-,19-16-,21-18-,28-25-,30-27-,36-34-,39-38-. The predicted octanol–water partition coefficient (Wildman–Crippen LogP) is 25.0. The second-order valence-electron chi connectivity index (χ2n) is 24.1. The highest BCUT2D eigenvalue weighted by atomic mass is 16.6. The predicted molar refractivity (Wildman–Crippen MR) is 362 cm³/mol. The number of esters is 3. The first-order valence-electron chi connectivity index (χ1n) is 36.1. The van der Waals surface area contributed by atoms with E-state index in [1.165, 1.54) is 225 Å². The Balaban J connectivity index is 4.36. The molecule has 1 atom stereocenters. The molecule has 1 unspecified atom stereocenters. The third kappa shape index (κ3) is 69.3. The average Bonchev–Trinajstić information content (AvgIpc) is 3.50. The maximum absolute atomic E-state index is 13.0. The number of unbranched alkanes of at least 4 members (excludes halogenated alkanes) is 41. The molecule has 0 aromatic carbocycles. The lowest BCUT2D eigenvalue weighted by molar-refractivity contribution is -0.167. The van der Waals surface area contributed by atoms with E-state index < -0.39 is 6.10 Å². The van der Waals surface area contributed by atoms with Crippen LogP contribution in [0.5, 0.6) is 0 Å². The van der Waals surface area contributed by atoms with Crippen LogP contribution in [0.4, 0.5) is 0 Å². The third-order valence-electron chi connectivity index (χ3n) is 15.9. The molecule has 6 heteroatoms. The normalized spacial score (nSPS) is 12.6. The van der Waals surface area contributed by atoms with Gasteiger partial charge in [-0.2, -0.15) is 0 Å². The second kappa shape index (κ2) is 71.1. The molecule has 0 radical (unpaired) electrons. The fraction of sp³-hybridized carbons (Fsp3) is 0.779. The molecule has 0 spiro atoms. The summed E-state index contributed by atoms with van der Waals surface area (Å²) in [5.74, 6) is -0.864. The molecule has 0 aliphatic rings. The molecule has 0 heterocycles. The van der Waals surface area contributed by atoms with Crippen molar-refractivity contribution < 1.29 is 28.6 Å². The first kappa shape index (κ1) is 79.6. The van der Waals surface area contributed by atoms with Crippen molar-refractivity contribution in [1.29, 1.82) is 0 Å². The van der Waals surface area contributed by atoms with Crippen LogP contribution in [0.2, 0.25) is 0 Å². The first-order valence-corrected chi connectivity index (χ1v) is 36.1. The summed E-state index contributed by atoms with van der Waals surface area (Å²) in [7, 11) is 0. The van der Waals surface area contributed by atoms with Crippen molar-refractivity contribution in [2.24, 2.45) is 0 Å². The number of hydrogen-bond donors (Lipinski definition) is 0. The highest BCUT2D eigenvalue weighted by Crippen LogP contribution is 2.18. The van der Waals surface area contributed by atoms with Crippen LogP contribution in [0.15, 0.2) is 85.1 Å². The molecular formula is C77H136O6. The minimum Gasteiger partial charge on any atom is -0.462 e. The molecule has 0 saturated heterocycles. The summed E-state index contributed by atoms with van der Waals surface area (Å²) >= 11 is 0. The zero-order valence-corrected chi connectivity index (χ0v) is 55.2. The Kier molecular flexibility index (Phi) is 68.2. The van der Waals surface area contributed by atoms with Crippen molar-refractivity contribution in [3.8, 4) is 0 Å². The van der Waals surface area contributed by atoms with Crippen molar-refractivity contribution in [3.63, 3.8) is 0 Å². The number of ether oxygens (including phenoxy) is 3. The summed E-state index contributed by atoms with van der Waals surface area (Å²) in [6, 6.07) is 0. The van der Waals surface area contributed by atoms with Crippen molar-refractivity contribution in [2.45, 2.75) is 374 Å². The van der Waals surface area contributed by atoms with E-state index in [0.717, 1.165) is 103 Å². The van der Waals surface area contributed by atoms with E-state index in [9.17, 15) is 14.4 Å². The van der Waals surface area contributed by atoms with Crippen molar-refractivity contribution in [3.05, 3.63) is 85.1 Å². The van der Waals surface area contributed by atoms with Crippen LogP contribution in [-0.2, 0) is 28.6 Å². The topological polar surface area (TPSA) is 78.9 Å². The minimum atomic E-state index is -0.782. The molecule has 0 aliphatic carbocycles. The molecule has 0 N–H and O–H groups in total. The van der Waals surface area contributed by atoms with Gasteiger partial charge in [0.25, 0.3) is 0 Å². The summed E-state index contributed by atoms with van der Waals surface area (Å²) in [4.78, 5) is 38.5. The quantitative estimate of drug-likeness (QED) is 0.0261. The summed E-state index contributed by atoms with van der Waals surface area (Å²) in [5.41, 5.74) is 0. The molecule has 0 aromatic rings. The Labute approximate surface area is 515 Å². The molecular weight excluding hydrogens is 1020 g/mol. The van der Waals surface area contributed by atoms with Gasteiger partial charge in [0, 0.05) is 19.3 Å². The summed E-state index contributed by atoms with van der Waals surface area (Å²) in [5, 5.41) is 0. The highest BCUT2D eigenvalue weighted by molar-refractivity contribution is 5.71. The molecule has 0 bridgehead atoms. The zero-order valence-electron chi connectivity index (χ0n) is 55.2. The molecule has 0 aliphatic heterocycles. The number of carbonyl (C=O) groups is 3. The Bertz CT molecular complexity index is 1570. The lowest BCUT2D eigenvalue weighted by Gasteiger charge is -2.18. The lowest BCUT2D eigenvalue weighted by atomic mass is 10.0. The molecule has 6 nitrogen and oxygen atoms in total. The van der Waals surface area contributed by atoms with Crippen molar-refractivity contribution in [1.82, 2.24) is 0 Å². The fourth-order valence-electron chi connectivity index (χ4n) is 10.5. The van der Waals surface area contributed by atoms with Gasteiger partial charge in [0.2, 0.25) is 0 Å². The van der Waals surface area contributed by atoms with Gasteiger partial charge in [-0.3, -0.25) is 14.4 Å². The molecule has 0 fully saturated rings. The molecule has 0 amide bonds. The van der Waals surface area contributed by atoms with Crippen LogP contribution in [-0.4, -0.2) is 37.2 Å². The molecule has 83 heavy (non-hydrogen) atoms. The van der Waals surface area contributed by atoms with E-state index in [-0.39, 0.29) is 31.1 Å². The Morgan fingerprint density at radius 3 is 0.759 bits per heavy atom. The molecule has 0 aromatic heterocycles. The minimum absolute atomic E-state index is 0.0769. The van der Waals surface area contributed by atoms with Crippen molar-refractivity contribution >= 4 is 17.9 Å².